The molecule has 0 fully saturated rings. The number of aliphatic hydroxyl groups is 1. The van der Waals surface area contributed by atoms with Crippen molar-refractivity contribution >= 4 is 5.69 Å². The van der Waals surface area contributed by atoms with E-state index in [1.807, 2.05) is 0 Å². The second kappa shape index (κ2) is 6.19. The quantitative estimate of drug-likeness (QED) is 0.455. The van der Waals surface area contributed by atoms with Gasteiger partial charge >= 0.3 is 0 Å². The van der Waals surface area contributed by atoms with Crippen LogP contribution in [0.1, 0.15) is 17.5 Å². The first-order valence-electron chi connectivity index (χ1n) is 5.08. The molecule has 0 unspecified atom stereocenters. The summed E-state index contributed by atoms with van der Waals surface area (Å²) in [5.74, 6) is 0. The Hall–Kier alpha value is -1.46. The van der Waals surface area contributed by atoms with Gasteiger partial charge in [-0.2, -0.15) is 0 Å². The Balaban J connectivity index is 2.71. The van der Waals surface area contributed by atoms with Gasteiger partial charge in [-0.3, -0.25) is 10.1 Å². The van der Waals surface area contributed by atoms with Crippen LogP contribution in [0.5, 0.6) is 0 Å². The predicted molar refractivity (Wildman–Crippen MR) is 59.2 cm³/mol. The first-order valence-corrected chi connectivity index (χ1v) is 5.08. The Morgan fingerprint density at radius 2 is 2.25 bits per heavy atom. The van der Waals surface area contributed by atoms with E-state index in [4.69, 9.17) is 9.84 Å². The van der Waals surface area contributed by atoms with E-state index in [-0.39, 0.29) is 23.8 Å². The molecule has 0 aliphatic carbocycles. The van der Waals surface area contributed by atoms with Crippen LogP contribution in [0.4, 0.5) is 5.69 Å². The van der Waals surface area contributed by atoms with Crippen molar-refractivity contribution in [2.24, 2.45) is 0 Å². The van der Waals surface area contributed by atoms with Crippen LogP contribution in [0.15, 0.2) is 18.2 Å². The van der Waals surface area contributed by atoms with Crippen molar-refractivity contribution in [3.8, 4) is 0 Å². The Bertz CT molecular complexity index is 365. The largest absolute Gasteiger partial charge is 0.396 e. The fraction of sp³-hybridized carbons (Fsp3) is 0.455. The monoisotopic (exact) mass is 225 g/mol. The highest BCUT2D eigenvalue weighted by Crippen LogP contribution is 2.23. The van der Waals surface area contributed by atoms with E-state index in [1.54, 1.807) is 25.1 Å². The van der Waals surface area contributed by atoms with E-state index in [0.29, 0.717) is 24.2 Å². The molecule has 0 aromatic heterocycles. The molecular formula is C11H15NO4. The van der Waals surface area contributed by atoms with E-state index >= 15 is 0 Å². The zero-order valence-corrected chi connectivity index (χ0v) is 9.18. The highest BCUT2D eigenvalue weighted by atomic mass is 16.6. The Kier molecular flexibility index (Phi) is 4.88. The molecule has 0 amide bonds. The molecule has 1 N–H and O–H groups in total. The molecule has 1 aromatic rings. The normalized spacial score (nSPS) is 10.4. The van der Waals surface area contributed by atoms with E-state index in [2.05, 4.69) is 0 Å². The number of nitro benzene ring substituents is 1. The minimum atomic E-state index is -0.389. The highest BCUT2D eigenvalue weighted by molar-refractivity contribution is 5.46. The van der Waals surface area contributed by atoms with E-state index in [1.165, 1.54) is 0 Å². The fourth-order valence-corrected chi connectivity index (χ4v) is 1.45. The van der Waals surface area contributed by atoms with Crippen molar-refractivity contribution in [2.45, 2.75) is 20.0 Å². The third-order valence-corrected chi connectivity index (χ3v) is 2.21. The summed E-state index contributed by atoms with van der Waals surface area (Å²) < 4.78 is 5.24. The molecule has 0 bridgehead atoms. The van der Waals surface area contributed by atoms with Gasteiger partial charge in [0.15, 0.2) is 0 Å². The summed E-state index contributed by atoms with van der Waals surface area (Å²) in [4.78, 5) is 10.5. The summed E-state index contributed by atoms with van der Waals surface area (Å²) >= 11 is 0. The van der Waals surface area contributed by atoms with Gasteiger partial charge in [0.1, 0.15) is 0 Å². The van der Waals surface area contributed by atoms with Crippen LogP contribution >= 0.6 is 0 Å². The number of nitro groups is 1. The smallest absolute Gasteiger partial charge is 0.277 e. The summed E-state index contributed by atoms with van der Waals surface area (Å²) in [6.07, 6.45) is 0.541. The number of hydrogen-bond acceptors (Lipinski definition) is 4. The number of ether oxygens (including phenoxy) is 1. The molecule has 0 atom stereocenters. The maximum Gasteiger partial charge on any atom is 0.277 e. The maximum atomic E-state index is 10.8. The second-order valence-corrected chi connectivity index (χ2v) is 3.47. The van der Waals surface area contributed by atoms with E-state index in [9.17, 15) is 10.1 Å². The van der Waals surface area contributed by atoms with Gasteiger partial charge in [-0.25, -0.2) is 0 Å². The van der Waals surface area contributed by atoms with Crippen LogP contribution in [0.25, 0.3) is 0 Å². The van der Waals surface area contributed by atoms with Crippen molar-refractivity contribution in [3.63, 3.8) is 0 Å². The van der Waals surface area contributed by atoms with Crippen LogP contribution < -0.4 is 0 Å². The molecule has 0 saturated carbocycles. The van der Waals surface area contributed by atoms with Crippen LogP contribution in [-0.2, 0) is 11.3 Å². The van der Waals surface area contributed by atoms with Crippen molar-refractivity contribution in [1.29, 1.82) is 0 Å². The zero-order valence-electron chi connectivity index (χ0n) is 9.18. The first kappa shape index (κ1) is 12.6. The van der Waals surface area contributed by atoms with Gasteiger partial charge in [-0.05, 0) is 19.4 Å². The third kappa shape index (κ3) is 3.29. The summed E-state index contributed by atoms with van der Waals surface area (Å²) in [6, 6.07) is 5.16. The lowest BCUT2D eigenvalue weighted by molar-refractivity contribution is -0.386. The molecule has 0 saturated heterocycles. The van der Waals surface area contributed by atoms with Crippen molar-refractivity contribution in [3.05, 3.63) is 39.4 Å². The van der Waals surface area contributed by atoms with Gasteiger partial charge in [0.25, 0.3) is 5.69 Å². The lowest BCUT2D eigenvalue weighted by atomic mass is 10.1. The van der Waals surface area contributed by atoms with Crippen molar-refractivity contribution in [1.82, 2.24) is 0 Å². The lowest BCUT2D eigenvalue weighted by Gasteiger charge is -2.06. The lowest BCUT2D eigenvalue weighted by Crippen LogP contribution is -2.02. The first-order chi connectivity index (χ1) is 7.66. The summed E-state index contributed by atoms with van der Waals surface area (Å²) in [6.45, 7) is 2.38. The van der Waals surface area contributed by atoms with Gasteiger partial charge in [-0.15, -0.1) is 0 Å². The van der Waals surface area contributed by atoms with Crippen LogP contribution in [-0.4, -0.2) is 23.2 Å². The molecule has 88 valence electrons. The zero-order chi connectivity index (χ0) is 12.0. The second-order valence-electron chi connectivity index (χ2n) is 3.47. The predicted octanol–water partition coefficient (Wildman–Crippen LogP) is 1.80. The van der Waals surface area contributed by atoms with Crippen molar-refractivity contribution in [2.75, 3.05) is 13.2 Å². The number of aryl methyl sites for hydroxylation is 1. The standard InChI is InChI=1S/C11H15NO4/c1-9-4-2-5-10(11(9)12(14)15)8-16-7-3-6-13/h2,4-5,13H,3,6-8H2,1H3. The van der Waals surface area contributed by atoms with Crippen LogP contribution in [0.3, 0.4) is 0 Å². The average molecular weight is 225 g/mol. The molecule has 5 nitrogen and oxygen atoms in total. The molecule has 0 radical (unpaired) electrons. The molecule has 0 aliphatic rings. The fourth-order valence-electron chi connectivity index (χ4n) is 1.45. The minimum absolute atomic E-state index is 0.0654. The van der Waals surface area contributed by atoms with Crippen LogP contribution in [0, 0.1) is 17.0 Å². The third-order valence-electron chi connectivity index (χ3n) is 2.21. The molecule has 0 heterocycles. The number of hydrogen-bond donors (Lipinski definition) is 1. The average Bonchev–Trinajstić information content (AvgIpc) is 2.24. The van der Waals surface area contributed by atoms with Crippen LogP contribution in [0.2, 0.25) is 0 Å². The highest BCUT2D eigenvalue weighted by Gasteiger charge is 2.16. The van der Waals surface area contributed by atoms with Gasteiger partial charge in [0.05, 0.1) is 17.1 Å². The Morgan fingerprint density at radius 1 is 1.50 bits per heavy atom. The molecule has 16 heavy (non-hydrogen) atoms. The van der Waals surface area contributed by atoms with Gasteiger partial charge in [0.2, 0.25) is 0 Å². The van der Waals surface area contributed by atoms with Gasteiger partial charge < -0.3 is 9.84 Å². The minimum Gasteiger partial charge on any atom is -0.396 e. The van der Waals surface area contributed by atoms with Gasteiger partial charge in [0, 0.05) is 18.8 Å². The van der Waals surface area contributed by atoms with E-state index < -0.39 is 0 Å². The topological polar surface area (TPSA) is 72.6 Å². The Morgan fingerprint density at radius 3 is 2.88 bits per heavy atom. The molecule has 0 spiro atoms. The SMILES string of the molecule is Cc1cccc(COCCCO)c1[N+](=O)[O-]. The molecule has 1 aromatic carbocycles. The molecule has 1 rings (SSSR count). The Labute approximate surface area is 93.8 Å². The molecular weight excluding hydrogens is 210 g/mol. The van der Waals surface area contributed by atoms with Gasteiger partial charge in [-0.1, -0.05) is 12.1 Å². The summed E-state index contributed by atoms with van der Waals surface area (Å²) in [5.41, 5.74) is 1.32. The summed E-state index contributed by atoms with van der Waals surface area (Å²) in [7, 11) is 0. The van der Waals surface area contributed by atoms with Crippen molar-refractivity contribution < 1.29 is 14.8 Å². The number of aliphatic hydroxyl groups excluding tert-OH is 1. The number of rotatable bonds is 6. The molecule has 5 heteroatoms. The molecule has 0 aliphatic heterocycles. The summed E-state index contributed by atoms with van der Waals surface area (Å²) in [5, 5.41) is 19.4. The van der Waals surface area contributed by atoms with E-state index in [0.717, 1.165) is 0 Å². The number of para-hydroxylation sites is 1. The number of nitrogens with zero attached hydrogens (tertiary/aromatic N) is 1. The number of benzene rings is 1. The maximum absolute atomic E-state index is 10.8.